The van der Waals surface area contributed by atoms with E-state index in [1.54, 1.807) is 7.11 Å². The van der Waals surface area contributed by atoms with Crippen LogP contribution in [0.25, 0.3) is 11.0 Å². The summed E-state index contributed by atoms with van der Waals surface area (Å²) in [4.78, 5) is 12.7. The highest BCUT2D eigenvalue weighted by Gasteiger charge is 2.27. The lowest BCUT2D eigenvalue weighted by molar-refractivity contribution is 0.0251. The van der Waals surface area contributed by atoms with Crippen molar-refractivity contribution in [3.8, 4) is 5.75 Å². The summed E-state index contributed by atoms with van der Waals surface area (Å²) in [5, 5.41) is 7.52. The predicted octanol–water partition coefficient (Wildman–Crippen LogP) is 2.50. The number of benzene rings is 1. The fourth-order valence-electron chi connectivity index (χ4n) is 3.01. The van der Waals surface area contributed by atoms with Crippen molar-refractivity contribution in [2.75, 3.05) is 33.4 Å². The van der Waals surface area contributed by atoms with Crippen LogP contribution in [0.3, 0.4) is 0 Å². The second kappa shape index (κ2) is 8.47. The van der Waals surface area contributed by atoms with Gasteiger partial charge in [-0.05, 0) is 30.7 Å². The molecular formula is C19H26N2O4. The van der Waals surface area contributed by atoms with Crippen molar-refractivity contribution >= 4 is 16.8 Å². The minimum Gasteiger partial charge on any atom is -0.493 e. The number of unbranched alkanes of at least 4 members (excludes halogenated alkanes) is 1. The van der Waals surface area contributed by atoms with E-state index in [2.05, 4.69) is 17.6 Å². The number of hydrogen-bond donors (Lipinski definition) is 2. The van der Waals surface area contributed by atoms with E-state index in [4.69, 9.17) is 13.9 Å². The van der Waals surface area contributed by atoms with Gasteiger partial charge in [0.25, 0.3) is 0 Å². The first-order chi connectivity index (χ1) is 12.2. The van der Waals surface area contributed by atoms with Gasteiger partial charge in [-0.1, -0.05) is 19.4 Å². The molecule has 1 aliphatic rings. The Bertz CT molecular complexity index is 720. The second-order valence-corrected chi connectivity index (χ2v) is 6.24. The summed E-state index contributed by atoms with van der Waals surface area (Å²) in [6.45, 7) is 5.68. The maximum atomic E-state index is 12.7. The minimum absolute atomic E-state index is 0.129. The fourth-order valence-corrected chi connectivity index (χ4v) is 3.01. The van der Waals surface area contributed by atoms with E-state index in [9.17, 15) is 4.79 Å². The van der Waals surface area contributed by atoms with Crippen LogP contribution in [0.1, 0.15) is 35.9 Å². The van der Waals surface area contributed by atoms with Gasteiger partial charge in [-0.25, -0.2) is 0 Å². The van der Waals surface area contributed by atoms with E-state index < -0.39 is 6.10 Å². The summed E-state index contributed by atoms with van der Waals surface area (Å²) < 4.78 is 16.8. The largest absolute Gasteiger partial charge is 0.493 e. The third-order valence-electron chi connectivity index (χ3n) is 4.44. The van der Waals surface area contributed by atoms with E-state index >= 15 is 0 Å². The maximum absolute atomic E-state index is 12.7. The van der Waals surface area contributed by atoms with Crippen molar-refractivity contribution in [1.82, 2.24) is 10.6 Å². The van der Waals surface area contributed by atoms with Crippen LogP contribution in [0.2, 0.25) is 0 Å². The van der Waals surface area contributed by atoms with Gasteiger partial charge in [-0.3, -0.25) is 4.79 Å². The van der Waals surface area contributed by atoms with Gasteiger partial charge < -0.3 is 24.5 Å². The number of morpholine rings is 1. The molecule has 25 heavy (non-hydrogen) atoms. The van der Waals surface area contributed by atoms with Crippen LogP contribution in [0, 0.1) is 0 Å². The number of ketones is 1. The Morgan fingerprint density at radius 1 is 1.44 bits per heavy atom. The zero-order chi connectivity index (χ0) is 17.6. The average Bonchev–Trinajstić information content (AvgIpc) is 3.11. The first-order valence-electron chi connectivity index (χ1n) is 8.91. The van der Waals surface area contributed by atoms with Crippen molar-refractivity contribution in [2.24, 2.45) is 0 Å². The summed E-state index contributed by atoms with van der Waals surface area (Å²) in [6.07, 6.45) is 1.80. The number of hydrogen-bond acceptors (Lipinski definition) is 6. The molecule has 0 amide bonds. The van der Waals surface area contributed by atoms with E-state index in [0.29, 0.717) is 30.2 Å². The van der Waals surface area contributed by atoms with E-state index in [1.807, 2.05) is 18.2 Å². The molecule has 0 radical (unpaired) electrons. The molecule has 2 heterocycles. The zero-order valence-electron chi connectivity index (χ0n) is 14.9. The van der Waals surface area contributed by atoms with Gasteiger partial charge in [-0.15, -0.1) is 0 Å². The number of rotatable bonds is 8. The monoisotopic (exact) mass is 346 g/mol. The van der Waals surface area contributed by atoms with Gasteiger partial charge in [0.1, 0.15) is 6.10 Å². The highest BCUT2D eigenvalue weighted by molar-refractivity contribution is 6.02. The van der Waals surface area contributed by atoms with E-state index in [-0.39, 0.29) is 5.78 Å². The Morgan fingerprint density at radius 3 is 3.04 bits per heavy atom. The molecule has 0 saturated carbocycles. The Balaban J connectivity index is 1.86. The fraction of sp³-hybridized carbons (Fsp3) is 0.526. The number of nitrogens with one attached hydrogen (secondary N) is 2. The van der Waals surface area contributed by atoms with Gasteiger partial charge in [0.2, 0.25) is 5.78 Å². The average molecular weight is 346 g/mol. The molecule has 1 aromatic carbocycles. The molecule has 3 rings (SSSR count). The lowest BCUT2D eigenvalue weighted by Gasteiger charge is -2.21. The second-order valence-electron chi connectivity index (χ2n) is 6.24. The maximum Gasteiger partial charge on any atom is 0.227 e. The standard InChI is InChI=1S/C19H26N2O4/c1-3-4-7-20-11-13-5-6-15(23-2)19-14(13)10-16(25-19)18(22)17-12-21-8-9-24-17/h5-6,10,17,20-21H,3-4,7-9,11-12H2,1-2H3. The van der Waals surface area contributed by atoms with Crippen LogP contribution in [-0.2, 0) is 11.3 Å². The summed E-state index contributed by atoms with van der Waals surface area (Å²) in [6, 6.07) is 5.72. The number of methoxy groups -OCH3 is 1. The number of carbonyl (C=O) groups is 1. The lowest BCUT2D eigenvalue weighted by atomic mass is 10.1. The summed E-state index contributed by atoms with van der Waals surface area (Å²) >= 11 is 0. The minimum atomic E-state index is -0.494. The number of ether oxygens (including phenoxy) is 2. The van der Waals surface area contributed by atoms with Crippen LogP contribution < -0.4 is 15.4 Å². The van der Waals surface area contributed by atoms with Crippen LogP contribution in [0.5, 0.6) is 5.75 Å². The van der Waals surface area contributed by atoms with Gasteiger partial charge in [0, 0.05) is 25.0 Å². The van der Waals surface area contributed by atoms with Gasteiger partial charge in [0.15, 0.2) is 17.1 Å². The molecule has 1 fully saturated rings. The SMILES string of the molecule is CCCCNCc1ccc(OC)c2oc(C(=O)C3CNCCO3)cc12. The third kappa shape index (κ3) is 4.03. The quantitative estimate of drug-likeness (QED) is 0.565. The smallest absolute Gasteiger partial charge is 0.227 e. The Hall–Kier alpha value is -1.89. The molecule has 1 saturated heterocycles. The molecule has 136 valence electrons. The van der Waals surface area contributed by atoms with E-state index in [0.717, 1.165) is 43.4 Å². The third-order valence-corrected chi connectivity index (χ3v) is 4.44. The molecule has 0 spiro atoms. The highest BCUT2D eigenvalue weighted by Crippen LogP contribution is 2.32. The summed E-state index contributed by atoms with van der Waals surface area (Å²) in [5.41, 5.74) is 1.71. The topological polar surface area (TPSA) is 72.7 Å². The first kappa shape index (κ1) is 17.9. The molecule has 1 unspecified atom stereocenters. The molecule has 0 aliphatic carbocycles. The van der Waals surface area contributed by atoms with Gasteiger partial charge >= 0.3 is 0 Å². The van der Waals surface area contributed by atoms with E-state index in [1.165, 1.54) is 0 Å². The number of Topliss-reactive ketones (excluding diaryl/α,β-unsaturated/α-hetero) is 1. The van der Waals surface area contributed by atoms with Gasteiger partial charge in [-0.2, -0.15) is 0 Å². The molecule has 6 heteroatoms. The number of fused-ring (bicyclic) bond motifs is 1. The summed E-state index contributed by atoms with van der Waals surface area (Å²) in [5.74, 6) is 0.826. The molecule has 2 N–H and O–H groups in total. The Morgan fingerprint density at radius 2 is 2.32 bits per heavy atom. The van der Waals surface area contributed by atoms with Gasteiger partial charge in [0.05, 0.1) is 13.7 Å². The first-order valence-corrected chi connectivity index (χ1v) is 8.91. The molecule has 1 aromatic heterocycles. The van der Waals surface area contributed by atoms with Crippen LogP contribution >= 0.6 is 0 Å². The van der Waals surface area contributed by atoms with Crippen molar-refractivity contribution in [3.63, 3.8) is 0 Å². The van der Waals surface area contributed by atoms with Crippen LogP contribution in [0.4, 0.5) is 0 Å². The highest BCUT2D eigenvalue weighted by atomic mass is 16.5. The molecule has 2 aromatic rings. The molecular weight excluding hydrogens is 320 g/mol. The molecule has 6 nitrogen and oxygen atoms in total. The Kier molecular flexibility index (Phi) is 6.07. The van der Waals surface area contributed by atoms with Crippen LogP contribution in [0.15, 0.2) is 22.6 Å². The zero-order valence-corrected chi connectivity index (χ0v) is 14.9. The van der Waals surface area contributed by atoms with Crippen molar-refractivity contribution < 1.29 is 18.7 Å². The van der Waals surface area contributed by atoms with Crippen molar-refractivity contribution in [2.45, 2.75) is 32.4 Å². The Labute approximate surface area is 147 Å². The van der Waals surface area contributed by atoms with Crippen molar-refractivity contribution in [1.29, 1.82) is 0 Å². The number of carbonyl (C=O) groups excluding carboxylic acids is 1. The summed E-state index contributed by atoms with van der Waals surface area (Å²) in [7, 11) is 1.60. The van der Waals surface area contributed by atoms with Crippen LogP contribution in [-0.4, -0.2) is 45.2 Å². The molecule has 1 aliphatic heterocycles. The predicted molar refractivity (Wildman–Crippen MR) is 96.3 cm³/mol. The molecule has 0 bridgehead atoms. The van der Waals surface area contributed by atoms with Crippen molar-refractivity contribution in [3.05, 3.63) is 29.5 Å². The molecule has 1 atom stereocenters. The lowest BCUT2D eigenvalue weighted by Crippen LogP contribution is -2.43. The normalized spacial score (nSPS) is 17.8. The number of furan rings is 1.